The number of furan rings is 1. The van der Waals surface area contributed by atoms with Gasteiger partial charge in [0.15, 0.2) is 0 Å². The van der Waals surface area contributed by atoms with Crippen molar-refractivity contribution in [1.29, 1.82) is 0 Å². The minimum Gasteiger partial charge on any atom is -0.464 e. The Morgan fingerprint density at radius 2 is 1.85 bits per heavy atom. The van der Waals surface area contributed by atoms with Gasteiger partial charge < -0.3 is 19.3 Å². The molecule has 26 heavy (non-hydrogen) atoms. The molecule has 0 spiro atoms. The molecule has 0 amide bonds. The van der Waals surface area contributed by atoms with Crippen LogP contribution < -0.4 is 4.90 Å². The standard InChI is InChI=1S/C20H28N4O2/c1-22-5-7-23(8-6-22)17-10-14-12-24(13-15(14)11-18(17)25)20-16-3-9-26-19(16)2-4-21-20/h2-4,9,14-15,17-18,25H,5-8,10-13H2,1H3/t14-,15+,17-,18-/m1/s1. The topological polar surface area (TPSA) is 56.0 Å². The molecule has 0 radical (unpaired) electrons. The second kappa shape index (κ2) is 6.51. The third kappa shape index (κ3) is 2.80. The summed E-state index contributed by atoms with van der Waals surface area (Å²) in [5.74, 6) is 2.25. The summed E-state index contributed by atoms with van der Waals surface area (Å²) >= 11 is 0. The molecule has 2 aliphatic heterocycles. The van der Waals surface area contributed by atoms with Gasteiger partial charge in [0.1, 0.15) is 11.4 Å². The smallest absolute Gasteiger partial charge is 0.139 e. The molecule has 0 aromatic carbocycles. The third-order valence-corrected chi connectivity index (χ3v) is 6.77. The summed E-state index contributed by atoms with van der Waals surface area (Å²) in [4.78, 5) is 12.0. The SMILES string of the molecule is CN1CCN([C@@H]2C[C@@H]3CN(c4nccc5occc45)C[C@@H]3C[C@H]2O)CC1. The van der Waals surface area contributed by atoms with Crippen molar-refractivity contribution in [2.24, 2.45) is 11.8 Å². The van der Waals surface area contributed by atoms with E-state index in [-0.39, 0.29) is 6.10 Å². The number of pyridine rings is 1. The Morgan fingerprint density at radius 1 is 1.08 bits per heavy atom. The highest BCUT2D eigenvalue weighted by molar-refractivity contribution is 5.88. The summed E-state index contributed by atoms with van der Waals surface area (Å²) in [6, 6.07) is 4.26. The van der Waals surface area contributed by atoms with Gasteiger partial charge in [0, 0.05) is 51.5 Å². The fourth-order valence-electron chi connectivity index (χ4n) is 5.26. The number of likely N-dealkylation sites (N-methyl/N-ethyl adjacent to an activating group) is 1. The Kier molecular flexibility index (Phi) is 4.14. The molecule has 6 heteroatoms. The molecule has 4 heterocycles. The van der Waals surface area contributed by atoms with Gasteiger partial charge in [0.2, 0.25) is 0 Å². The lowest BCUT2D eigenvalue weighted by Crippen LogP contribution is -2.55. The van der Waals surface area contributed by atoms with Crippen molar-refractivity contribution in [2.75, 3.05) is 51.2 Å². The highest BCUT2D eigenvalue weighted by atomic mass is 16.3. The molecular weight excluding hydrogens is 328 g/mol. The second-order valence-corrected chi connectivity index (χ2v) is 8.34. The molecule has 1 aliphatic carbocycles. The number of aromatic nitrogens is 1. The first kappa shape index (κ1) is 16.5. The molecule has 0 unspecified atom stereocenters. The van der Waals surface area contributed by atoms with E-state index in [1.807, 2.05) is 18.3 Å². The van der Waals surface area contributed by atoms with Crippen molar-refractivity contribution in [3.63, 3.8) is 0 Å². The van der Waals surface area contributed by atoms with Crippen LogP contribution >= 0.6 is 0 Å². The first-order valence-electron chi connectivity index (χ1n) is 9.87. The minimum atomic E-state index is -0.197. The maximum atomic E-state index is 10.8. The van der Waals surface area contributed by atoms with E-state index >= 15 is 0 Å². The average molecular weight is 356 g/mol. The summed E-state index contributed by atoms with van der Waals surface area (Å²) in [5, 5.41) is 11.9. The predicted molar refractivity (Wildman–Crippen MR) is 101 cm³/mol. The maximum absolute atomic E-state index is 10.8. The summed E-state index contributed by atoms with van der Waals surface area (Å²) in [6.07, 6.45) is 5.40. The summed E-state index contributed by atoms with van der Waals surface area (Å²) < 4.78 is 5.54. The third-order valence-electron chi connectivity index (χ3n) is 6.77. The van der Waals surface area contributed by atoms with E-state index in [0.717, 1.165) is 68.9 Å². The normalized spacial score (nSPS) is 33.7. The van der Waals surface area contributed by atoms with E-state index in [9.17, 15) is 5.11 Å². The average Bonchev–Trinajstić information content (AvgIpc) is 3.27. The zero-order valence-corrected chi connectivity index (χ0v) is 15.4. The summed E-state index contributed by atoms with van der Waals surface area (Å²) in [7, 11) is 2.18. The predicted octanol–water partition coefficient (Wildman–Crippen LogP) is 1.65. The van der Waals surface area contributed by atoms with Crippen molar-refractivity contribution in [1.82, 2.24) is 14.8 Å². The van der Waals surface area contributed by atoms with Crippen molar-refractivity contribution in [3.8, 4) is 0 Å². The fraction of sp³-hybridized carbons (Fsp3) is 0.650. The zero-order valence-electron chi connectivity index (χ0n) is 15.4. The molecule has 2 saturated heterocycles. The molecule has 140 valence electrons. The number of fused-ring (bicyclic) bond motifs is 2. The van der Waals surface area contributed by atoms with Gasteiger partial charge in [-0.1, -0.05) is 0 Å². The van der Waals surface area contributed by atoms with E-state index in [1.54, 1.807) is 6.26 Å². The van der Waals surface area contributed by atoms with Crippen LogP contribution in [-0.2, 0) is 0 Å². The number of hydrogen-bond donors (Lipinski definition) is 1. The van der Waals surface area contributed by atoms with Gasteiger partial charge in [0.25, 0.3) is 0 Å². The van der Waals surface area contributed by atoms with E-state index in [0.29, 0.717) is 17.9 Å². The molecule has 4 atom stereocenters. The Labute approximate surface area is 154 Å². The lowest BCUT2D eigenvalue weighted by molar-refractivity contribution is -0.0249. The summed E-state index contributed by atoms with van der Waals surface area (Å²) in [5.41, 5.74) is 0.903. The number of nitrogens with zero attached hydrogens (tertiary/aromatic N) is 4. The molecule has 3 aliphatic rings. The van der Waals surface area contributed by atoms with Crippen LogP contribution in [0.1, 0.15) is 12.8 Å². The van der Waals surface area contributed by atoms with Crippen LogP contribution in [-0.4, -0.2) is 78.4 Å². The minimum absolute atomic E-state index is 0.197. The van der Waals surface area contributed by atoms with Crippen molar-refractivity contribution < 1.29 is 9.52 Å². The van der Waals surface area contributed by atoms with Gasteiger partial charge in [-0.05, 0) is 43.9 Å². The van der Waals surface area contributed by atoms with Crippen LogP contribution in [0.5, 0.6) is 0 Å². The monoisotopic (exact) mass is 356 g/mol. The van der Waals surface area contributed by atoms with Crippen molar-refractivity contribution in [3.05, 3.63) is 24.6 Å². The molecule has 1 N–H and O–H groups in total. The summed E-state index contributed by atoms with van der Waals surface area (Å²) in [6.45, 7) is 6.41. The van der Waals surface area contributed by atoms with Gasteiger partial charge in [-0.3, -0.25) is 4.90 Å². The van der Waals surface area contributed by atoms with E-state index in [4.69, 9.17) is 4.42 Å². The molecule has 2 aromatic heterocycles. The van der Waals surface area contributed by atoms with Gasteiger partial charge in [-0.15, -0.1) is 0 Å². The second-order valence-electron chi connectivity index (χ2n) is 8.34. The molecule has 3 fully saturated rings. The van der Waals surface area contributed by atoms with Crippen molar-refractivity contribution >= 4 is 16.8 Å². The van der Waals surface area contributed by atoms with E-state index in [1.165, 1.54) is 0 Å². The molecule has 6 nitrogen and oxygen atoms in total. The van der Waals surface area contributed by atoms with Gasteiger partial charge in [0.05, 0.1) is 17.8 Å². The number of anilines is 1. The molecule has 1 saturated carbocycles. The van der Waals surface area contributed by atoms with Gasteiger partial charge in [-0.25, -0.2) is 4.98 Å². The Balaban J connectivity index is 1.32. The fourth-order valence-corrected chi connectivity index (χ4v) is 5.26. The molecular formula is C20H28N4O2. The first-order valence-corrected chi connectivity index (χ1v) is 9.87. The number of piperazine rings is 1. The lowest BCUT2D eigenvalue weighted by atomic mass is 9.77. The lowest BCUT2D eigenvalue weighted by Gasteiger charge is -2.44. The van der Waals surface area contributed by atoms with Crippen LogP contribution in [0, 0.1) is 11.8 Å². The van der Waals surface area contributed by atoms with Crippen LogP contribution in [0.25, 0.3) is 11.0 Å². The largest absolute Gasteiger partial charge is 0.464 e. The van der Waals surface area contributed by atoms with Crippen LogP contribution in [0.4, 0.5) is 5.82 Å². The van der Waals surface area contributed by atoms with Gasteiger partial charge >= 0.3 is 0 Å². The highest BCUT2D eigenvalue weighted by Gasteiger charge is 2.44. The Hall–Kier alpha value is -1.63. The first-order chi connectivity index (χ1) is 12.7. The molecule has 2 aromatic rings. The number of hydrogen-bond acceptors (Lipinski definition) is 6. The highest BCUT2D eigenvalue weighted by Crippen LogP contribution is 2.41. The number of aliphatic hydroxyl groups is 1. The van der Waals surface area contributed by atoms with E-state index < -0.39 is 0 Å². The van der Waals surface area contributed by atoms with Gasteiger partial charge in [-0.2, -0.15) is 0 Å². The van der Waals surface area contributed by atoms with Crippen LogP contribution in [0.15, 0.2) is 29.0 Å². The number of aliphatic hydroxyl groups excluding tert-OH is 1. The zero-order chi connectivity index (χ0) is 17.7. The van der Waals surface area contributed by atoms with E-state index in [2.05, 4.69) is 26.7 Å². The molecule has 0 bridgehead atoms. The van der Waals surface area contributed by atoms with Crippen LogP contribution in [0.3, 0.4) is 0 Å². The Morgan fingerprint density at radius 3 is 2.65 bits per heavy atom. The van der Waals surface area contributed by atoms with Crippen molar-refractivity contribution in [2.45, 2.75) is 25.0 Å². The molecule has 5 rings (SSSR count). The quantitative estimate of drug-likeness (QED) is 0.883. The number of rotatable bonds is 2. The van der Waals surface area contributed by atoms with Crippen LogP contribution in [0.2, 0.25) is 0 Å². The Bertz CT molecular complexity index is 770. The maximum Gasteiger partial charge on any atom is 0.139 e.